The van der Waals surface area contributed by atoms with Gasteiger partial charge in [-0.3, -0.25) is 9.88 Å². The number of rotatable bonds is 2. The standard InChI is InChI=1S/C11H14N2/c1-2-4-12-11(3-1)8-13-6-9-5-10(9)7-13/h1-4,9-10H,5-8H2. The first kappa shape index (κ1) is 7.51. The van der Waals surface area contributed by atoms with Crippen molar-refractivity contribution >= 4 is 0 Å². The molecule has 2 heteroatoms. The summed E-state index contributed by atoms with van der Waals surface area (Å²) < 4.78 is 0. The third-order valence-corrected chi connectivity index (χ3v) is 3.17. The fraction of sp³-hybridized carbons (Fsp3) is 0.545. The van der Waals surface area contributed by atoms with Crippen LogP contribution in [0.1, 0.15) is 12.1 Å². The second-order valence-corrected chi connectivity index (χ2v) is 4.27. The van der Waals surface area contributed by atoms with Crippen molar-refractivity contribution in [2.75, 3.05) is 13.1 Å². The van der Waals surface area contributed by atoms with Crippen LogP contribution < -0.4 is 0 Å². The predicted octanol–water partition coefficient (Wildman–Crippen LogP) is 1.53. The van der Waals surface area contributed by atoms with Crippen LogP contribution in [0.2, 0.25) is 0 Å². The summed E-state index contributed by atoms with van der Waals surface area (Å²) in [7, 11) is 0. The van der Waals surface area contributed by atoms with E-state index in [-0.39, 0.29) is 0 Å². The fourth-order valence-corrected chi connectivity index (χ4v) is 2.35. The molecule has 0 N–H and O–H groups in total. The van der Waals surface area contributed by atoms with E-state index in [1.165, 1.54) is 25.2 Å². The van der Waals surface area contributed by atoms with Crippen LogP contribution in [-0.2, 0) is 6.54 Å². The molecular formula is C11H14N2. The van der Waals surface area contributed by atoms with Crippen LogP contribution in [0.25, 0.3) is 0 Å². The van der Waals surface area contributed by atoms with Gasteiger partial charge in [0.2, 0.25) is 0 Å². The third-order valence-electron chi connectivity index (χ3n) is 3.17. The Hall–Kier alpha value is -0.890. The van der Waals surface area contributed by atoms with Gasteiger partial charge in [0.15, 0.2) is 0 Å². The molecule has 1 aromatic rings. The molecule has 0 spiro atoms. The van der Waals surface area contributed by atoms with Gasteiger partial charge in [-0.05, 0) is 30.4 Å². The number of likely N-dealkylation sites (tertiary alicyclic amines) is 1. The van der Waals surface area contributed by atoms with E-state index in [4.69, 9.17) is 0 Å². The molecule has 1 aromatic heterocycles. The lowest BCUT2D eigenvalue weighted by Crippen LogP contribution is -2.22. The zero-order chi connectivity index (χ0) is 8.67. The zero-order valence-corrected chi connectivity index (χ0v) is 7.69. The maximum absolute atomic E-state index is 4.34. The minimum atomic E-state index is 1.03. The Labute approximate surface area is 78.6 Å². The van der Waals surface area contributed by atoms with Crippen molar-refractivity contribution in [1.29, 1.82) is 0 Å². The molecule has 0 bridgehead atoms. The summed E-state index contributed by atoms with van der Waals surface area (Å²) in [5, 5.41) is 0. The van der Waals surface area contributed by atoms with Gasteiger partial charge >= 0.3 is 0 Å². The summed E-state index contributed by atoms with van der Waals surface area (Å²) in [6.45, 7) is 3.66. The molecule has 13 heavy (non-hydrogen) atoms. The first-order valence-electron chi connectivity index (χ1n) is 5.04. The van der Waals surface area contributed by atoms with Gasteiger partial charge < -0.3 is 0 Å². The van der Waals surface area contributed by atoms with Gasteiger partial charge in [0, 0.05) is 25.8 Å². The van der Waals surface area contributed by atoms with Crippen LogP contribution in [0.3, 0.4) is 0 Å². The summed E-state index contributed by atoms with van der Waals surface area (Å²) in [4.78, 5) is 6.87. The van der Waals surface area contributed by atoms with E-state index in [1.54, 1.807) is 0 Å². The van der Waals surface area contributed by atoms with Crippen LogP contribution in [0.4, 0.5) is 0 Å². The quantitative estimate of drug-likeness (QED) is 0.676. The largest absolute Gasteiger partial charge is 0.297 e. The van der Waals surface area contributed by atoms with Crippen LogP contribution in [0, 0.1) is 11.8 Å². The lowest BCUT2D eigenvalue weighted by molar-refractivity contribution is 0.293. The maximum Gasteiger partial charge on any atom is 0.0543 e. The second-order valence-electron chi connectivity index (χ2n) is 4.27. The molecule has 2 heterocycles. The average molecular weight is 174 g/mol. The fourth-order valence-electron chi connectivity index (χ4n) is 2.35. The molecule has 2 aliphatic rings. The molecule has 1 aliphatic heterocycles. The second kappa shape index (κ2) is 2.81. The Morgan fingerprint density at radius 3 is 2.85 bits per heavy atom. The van der Waals surface area contributed by atoms with Crippen molar-refractivity contribution < 1.29 is 0 Å². The molecule has 2 unspecified atom stereocenters. The maximum atomic E-state index is 4.34. The number of nitrogens with zero attached hydrogens (tertiary/aromatic N) is 2. The van der Waals surface area contributed by atoms with Crippen LogP contribution in [0.15, 0.2) is 24.4 Å². The van der Waals surface area contributed by atoms with Gasteiger partial charge in [-0.1, -0.05) is 6.07 Å². The molecule has 0 radical (unpaired) electrons. The normalized spacial score (nSPS) is 31.7. The highest BCUT2D eigenvalue weighted by Gasteiger charge is 2.44. The van der Waals surface area contributed by atoms with Gasteiger partial charge in [-0.25, -0.2) is 0 Å². The SMILES string of the molecule is c1ccc(CN2CC3CC3C2)nc1. The van der Waals surface area contributed by atoms with Crippen molar-refractivity contribution in [3.63, 3.8) is 0 Å². The van der Waals surface area contributed by atoms with Crippen molar-refractivity contribution in [3.8, 4) is 0 Å². The Bertz CT molecular complexity index is 286. The Morgan fingerprint density at radius 2 is 2.15 bits per heavy atom. The minimum absolute atomic E-state index is 1.03. The molecule has 0 amide bonds. The van der Waals surface area contributed by atoms with Crippen LogP contribution >= 0.6 is 0 Å². The Kier molecular flexibility index (Phi) is 1.62. The Balaban J connectivity index is 1.63. The zero-order valence-electron chi connectivity index (χ0n) is 7.69. The van der Waals surface area contributed by atoms with Crippen LogP contribution in [-0.4, -0.2) is 23.0 Å². The van der Waals surface area contributed by atoms with Gasteiger partial charge in [-0.2, -0.15) is 0 Å². The number of aromatic nitrogens is 1. The lowest BCUT2D eigenvalue weighted by Gasteiger charge is -2.16. The highest BCUT2D eigenvalue weighted by Crippen LogP contribution is 2.45. The number of hydrogen-bond acceptors (Lipinski definition) is 2. The molecular weight excluding hydrogens is 160 g/mol. The summed E-state index contributed by atoms with van der Waals surface area (Å²) in [5.41, 5.74) is 1.21. The molecule has 1 saturated carbocycles. The topological polar surface area (TPSA) is 16.1 Å². The molecule has 2 nitrogen and oxygen atoms in total. The summed E-state index contributed by atoms with van der Waals surface area (Å²) >= 11 is 0. The third kappa shape index (κ3) is 1.46. The van der Waals surface area contributed by atoms with E-state index in [2.05, 4.69) is 22.0 Å². The number of pyridine rings is 1. The molecule has 2 atom stereocenters. The first-order chi connectivity index (χ1) is 6.42. The van der Waals surface area contributed by atoms with Gasteiger partial charge in [-0.15, -0.1) is 0 Å². The summed E-state index contributed by atoms with van der Waals surface area (Å²) in [5.74, 6) is 2.06. The Morgan fingerprint density at radius 1 is 1.31 bits per heavy atom. The first-order valence-corrected chi connectivity index (χ1v) is 5.04. The van der Waals surface area contributed by atoms with Gasteiger partial charge in [0.05, 0.1) is 5.69 Å². The summed E-state index contributed by atoms with van der Waals surface area (Å²) in [6.07, 6.45) is 3.37. The van der Waals surface area contributed by atoms with Crippen molar-refractivity contribution in [2.24, 2.45) is 11.8 Å². The molecule has 3 rings (SSSR count). The molecule has 0 aromatic carbocycles. The van der Waals surface area contributed by atoms with E-state index < -0.39 is 0 Å². The highest BCUT2D eigenvalue weighted by atomic mass is 15.2. The number of fused-ring (bicyclic) bond motifs is 1. The van der Waals surface area contributed by atoms with E-state index in [0.717, 1.165) is 18.4 Å². The van der Waals surface area contributed by atoms with E-state index >= 15 is 0 Å². The average Bonchev–Trinajstić information content (AvgIpc) is 2.76. The number of piperidine rings is 1. The predicted molar refractivity (Wildman–Crippen MR) is 51.1 cm³/mol. The summed E-state index contributed by atoms with van der Waals surface area (Å²) in [6, 6.07) is 6.16. The van der Waals surface area contributed by atoms with E-state index in [9.17, 15) is 0 Å². The van der Waals surface area contributed by atoms with E-state index in [1.807, 2.05) is 12.3 Å². The van der Waals surface area contributed by atoms with Crippen molar-refractivity contribution in [2.45, 2.75) is 13.0 Å². The van der Waals surface area contributed by atoms with Crippen molar-refractivity contribution in [3.05, 3.63) is 30.1 Å². The number of hydrogen-bond donors (Lipinski definition) is 0. The molecule has 1 saturated heterocycles. The van der Waals surface area contributed by atoms with Gasteiger partial charge in [0.25, 0.3) is 0 Å². The molecule has 68 valence electrons. The van der Waals surface area contributed by atoms with E-state index in [0.29, 0.717) is 0 Å². The van der Waals surface area contributed by atoms with Gasteiger partial charge in [0.1, 0.15) is 0 Å². The molecule has 1 aliphatic carbocycles. The van der Waals surface area contributed by atoms with Crippen LogP contribution in [0.5, 0.6) is 0 Å². The lowest BCUT2D eigenvalue weighted by atomic mass is 10.3. The highest BCUT2D eigenvalue weighted by molar-refractivity contribution is 5.05. The minimum Gasteiger partial charge on any atom is -0.297 e. The van der Waals surface area contributed by atoms with Crippen molar-refractivity contribution in [1.82, 2.24) is 9.88 Å². The monoisotopic (exact) mass is 174 g/mol. The smallest absolute Gasteiger partial charge is 0.0543 e. The molecule has 2 fully saturated rings.